The molecule has 1 aromatic heterocycles. The third kappa shape index (κ3) is 4.59. The fourth-order valence-electron chi connectivity index (χ4n) is 2.45. The molecule has 3 rings (SSSR count). The van der Waals surface area contributed by atoms with Crippen molar-refractivity contribution in [3.63, 3.8) is 0 Å². The topological polar surface area (TPSA) is 104 Å². The van der Waals surface area contributed by atoms with Crippen LogP contribution in [-0.4, -0.2) is 22.2 Å². The Morgan fingerprint density at radius 1 is 1.39 bits per heavy atom. The van der Waals surface area contributed by atoms with E-state index in [9.17, 15) is 9.59 Å². The molecule has 146 valence electrons. The Hall–Kier alpha value is -2.26. The monoisotopic (exact) mass is 439 g/mol. The van der Waals surface area contributed by atoms with Crippen LogP contribution in [0.2, 0.25) is 10.0 Å². The summed E-state index contributed by atoms with van der Waals surface area (Å²) in [4.78, 5) is 28.9. The number of thioether (sulfide) groups is 1. The molecule has 0 saturated carbocycles. The number of hydrogen-bond donors (Lipinski definition) is 3. The summed E-state index contributed by atoms with van der Waals surface area (Å²) in [6.45, 7) is 1.96. The molecule has 7 nitrogen and oxygen atoms in total. The van der Waals surface area contributed by atoms with Crippen molar-refractivity contribution in [3.8, 4) is 0 Å². The van der Waals surface area contributed by atoms with Gasteiger partial charge in [0.1, 0.15) is 11.5 Å². The van der Waals surface area contributed by atoms with Crippen molar-refractivity contribution in [1.82, 2.24) is 10.8 Å². The van der Waals surface area contributed by atoms with Gasteiger partial charge in [-0.25, -0.2) is 10.5 Å². The van der Waals surface area contributed by atoms with Crippen LogP contribution in [0.1, 0.15) is 30.0 Å². The smallest absolute Gasteiger partial charge is 0.272 e. The van der Waals surface area contributed by atoms with Crippen molar-refractivity contribution >= 4 is 58.0 Å². The van der Waals surface area contributed by atoms with E-state index < -0.39 is 11.9 Å². The van der Waals surface area contributed by atoms with Gasteiger partial charge >= 0.3 is 0 Å². The van der Waals surface area contributed by atoms with Gasteiger partial charge in [-0.1, -0.05) is 36.2 Å². The molecular weight excluding hydrogens is 425 g/mol. The molecule has 2 aromatic rings. The molecule has 1 saturated heterocycles. The SMILES string of the molecule is CCc1ccc(/C=C2\SC(=NC(C(=O)NO)c3ccc(Cl)cc3Cl)NC2=O)o1. The lowest BCUT2D eigenvalue weighted by atomic mass is 10.1. The normalized spacial score (nSPS) is 17.8. The molecule has 1 unspecified atom stereocenters. The van der Waals surface area contributed by atoms with Gasteiger partial charge in [0.15, 0.2) is 11.2 Å². The zero-order valence-electron chi connectivity index (χ0n) is 14.5. The van der Waals surface area contributed by atoms with Gasteiger partial charge in [-0.05, 0) is 36.0 Å². The van der Waals surface area contributed by atoms with Gasteiger partial charge in [0, 0.05) is 28.1 Å². The number of benzene rings is 1. The van der Waals surface area contributed by atoms with Crippen molar-refractivity contribution < 1.29 is 19.2 Å². The van der Waals surface area contributed by atoms with Crippen molar-refractivity contribution in [1.29, 1.82) is 0 Å². The predicted octanol–water partition coefficient (Wildman–Crippen LogP) is 3.96. The Morgan fingerprint density at radius 2 is 2.18 bits per heavy atom. The highest BCUT2D eigenvalue weighted by molar-refractivity contribution is 8.18. The second-order valence-electron chi connectivity index (χ2n) is 5.70. The summed E-state index contributed by atoms with van der Waals surface area (Å²) in [5, 5.41) is 12.4. The first-order valence-electron chi connectivity index (χ1n) is 8.17. The zero-order chi connectivity index (χ0) is 20.3. The van der Waals surface area contributed by atoms with E-state index in [0.717, 1.165) is 23.9 Å². The van der Waals surface area contributed by atoms with Crippen molar-refractivity contribution in [2.24, 2.45) is 4.99 Å². The average molecular weight is 440 g/mol. The number of furan rings is 1. The van der Waals surface area contributed by atoms with Crippen LogP contribution in [0.4, 0.5) is 0 Å². The summed E-state index contributed by atoms with van der Waals surface area (Å²) in [6.07, 6.45) is 2.34. The van der Waals surface area contributed by atoms with E-state index in [2.05, 4.69) is 10.3 Å². The molecule has 0 radical (unpaired) electrons. The van der Waals surface area contributed by atoms with Gasteiger partial charge in [0.05, 0.1) is 4.91 Å². The number of amides is 2. The number of halogens is 2. The number of hydrogen-bond acceptors (Lipinski definition) is 6. The molecule has 1 atom stereocenters. The van der Waals surface area contributed by atoms with E-state index in [1.165, 1.54) is 12.1 Å². The molecular formula is C18H15Cl2N3O4S. The van der Waals surface area contributed by atoms with E-state index in [1.807, 2.05) is 13.0 Å². The Balaban J connectivity index is 1.89. The van der Waals surface area contributed by atoms with Gasteiger partial charge < -0.3 is 9.73 Å². The first kappa shape index (κ1) is 20.5. The number of nitrogens with one attached hydrogen (secondary N) is 2. The largest absolute Gasteiger partial charge is 0.462 e. The van der Waals surface area contributed by atoms with E-state index in [4.69, 9.17) is 32.8 Å². The Bertz CT molecular complexity index is 987. The van der Waals surface area contributed by atoms with E-state index >= 15 is 0 Å². The molecule has 1 aromatic carbocycles. The quantitative estimate of drug-likeness (QED) is 0.371. The maximum Gasteiger partial charge on any atom is 0.272 e. The van der Waals surface area contributed by atoms with Gasteiger partial charge in [-0.3, -0.25) is 14.8 Å². The van der Waals surface area contributed by atoms with Gasteiger partial charge in [0.25, 0.3) is 11.8 Å². The molecule has 1 fully saturated rings. The minimum absolute atomic E-state index is 0.193. The molecule has 2 heterocycles. The Labute approximate surface area is 174 Å². The van der Waals surface area contributed by atoms with Crippen LogP contribution >= 0.6 is 35.0 Å². The number of rotatable bonds is 5. The maximum absolute atomic E-state index is 12.2. The van der Waals surface area contributed by atoms with Gasteiger partial charge in [-0.2, -0.15) is 0 Å². The number of carbonyl (C=O) groups is 2. The third-order valence-corrected chi connectivity index (χ3v) is 5.30. The number of aryl methyl sites for hydroxylation is 1. The molecule has 2 amide bonds. The minimum Gasteiger partial charge on any atom is -0.462 e. The number of carbonyl (C=O) groups excluding carboxylic acids is 2. The van der Waals surface area contributed by atoms with E-state index in [1.54, 1.807) is 23.7 Å². The summed E-state index contributed by atoms with van der Waals surface area (Å²) >= 11 is 13.1. The average Bonchev–Trinajstić information content (AvgIpc) is 3.26. The summed E-state index contributed by atoms with van der Waals surface area (Å²) in [5.41, 5.74) is 1.89. The van der Waals surface area contributed by atoms with Crippen LogP contribution in [-0.2, 0) is 16.0 Å². The molecule has 1 aliphatic heterocycles. The standard InChI is InChI=1S/C18H15Cl2N3O4S/c1-2-10-4-5-11(27-10)8-14-16(24)22-18(28-14)21-15(17(25)23-26)12-6-3-9(19)7-13(12)20/h3-8,15,26H,2H2,1H3,(H,23,25)(H,21,22,24)/b14-8-. The number of hydroxylamine groups is 1. The first-order chi connectivity index (χ1) is 13.4. The van der Waals surface area contributed by atoms with Crippen LogP contribution in [0.25, 0.3) is 6.08 Å². The second-order valence-corrected chi connectivity index (χ2v) is 7.58. The summed E-state index contributed by atoms with van der Waals surface area (Å²) in [5.74, 6) is 0.175. The van der Waals surface area contributed by atoms with Crippen LogP contribution in [0.5, 0.6) is 0 Å². The number of amidine groups is 1. The maximum atomic E-state index is 12.2. The highest BCUT2D eigenvalue weighted by Gasteiger charge is 2.29. The van der Waals surface area contributed by atoms with Gasteiger partial charge in [-0.15, -0.1) is 0 Å². The Morgan fingerprint density at radius 3 is 2.82 bits per heavy atom. The zero-order valence-corrected chi connectivity index (χ0v) is 16.9. The van der Waals surface area contributed by atoms with Crippen LogP contribution in [0.3, 0.4) is 0 Å². The molecule has 3 N–H and O–H groups in total. The highest BCUT2D eigenvalue weighted by atomic mass is 35.5. The summed E-state index contributed by atoms with van der Waals surface area (Å²) in [6, 6.07) is 6.97. The number of nitrogens with zero attached hydrogens (tertiary/aromatic N) is 1. The van der Waals surface area contributed by atoms with Crippen LogP contribution in [0, 0.1) is 0 Å². The fourth-order valence-corrected chi connectivity index (χ4v) is 3.79. The fraction of sp³-hybridized carbons (Fsp3) is 0.167. The molecule has 0 spiro atoms. The summed E-state index contributed by atoms with van der Waals surface area (Å²) < 4.78 is 5.57. The number of aliphatic imine (C=N–C) groups is 1. The first-order valence-corrected chi connectivity index (χ1v) is 9.74. The lowest BCUT2D eigenvalue weighted by Crippen LogP contribution is -2.28. The van der Waals surface area contributed by atoms with E-state index in [0.29, 0.717) is 21.3 Å². The minimum atomic E-state index is -1.17. The highest BCUT2D eigenvalue weighted by Crippen LogP contribution is 2.32. The lowest BCUT2D eigenvalue weighted by Gasteiger charge is -2.13. The molecule has 0 aliphatic carbocycles. The second kappa shape index (κ2) is 8.83. The van der Waals surface area contributed by atoms with Crippen molar-refractivity contribution in [3.05, 3.63) is 62.4 Å². The third-order valence-electron chi connectivity index (χ3n) is 3.82. The van der Waals surface area contributed by atoms with Gasteiger partial charge in [0.2, 0.25) is 0 Å². The molecule has 10 heteroatoms. The van der Waals surface area contributed by atoms with Crippen molar-refractivity contribution in [2.75, 3.05) is 0 Å². The Kier molecular flexibility index (Phi) is 6.46. The van der Waals surface area contributed by atoms with Crippen LogP contribution < -0.4 is 10.8 Å². The molecule has 28 heavy (non-hydrogen) atoms. The summed E-state index contributed by atoms with van der Waals surface area (Å²) in [7, 11) is 0. The predicted molar refractivity (Wildman–Crippen MR) is 108 cm³/mol. The molecule has 1 aliphatic rings. The lowest BCUT2D eigenvalue weighted by molar-refractivity contribution is -0.130. The molecule has 0 bridgehead atoms. The van der Waals surface area contributed by atoms with Crippen molar-refractivity contribution in [2.45, 2.75) is 19.4 Å². The van der Waals surface area contributed by atoms with E-state index in [-0.39, 0.29) is 16.1 Å². The van der Waals surface area contributed by atoms with Crippen LogP contribution in [0.15, 0.2) is 44.6 Å².